The molecule has 0 spiro atoms. The van der Waals surface area contributed by atoms with Crippen LogP contribution in [0.25, 0.3) is 0 Å². The number of carboxylic acid groups (broad SMARTS) is 1. The van der Waals surface area contributed by atoms with E-state index in [1.54, 1.807) is 11.0 Å². The minimum Gasteiger partial charge on any atom is -0.481 e. The highest BCUT2D eigenvalue weighted by Gasteiger charge is 2.17. The molecule has 21 heavy (non-hydrogen) atoms. The van der Waals surface area contributed by atoms with Crippen LogP contribution in [0.2, 0.25) is 0 Å². The zero-order valence-corrected chi connectivity index (χ0v) is 13.8. The van der Waals surface area contributed by atoms with E-state index in [0.29, 0.717) is 31.3 Å². The molecule has 0 aliphatic carbocycles. The van der Waals surface area contributed by atoms with Gasteiger partial charge >= 0.3 is 12.0 Å². The Bertz CT molecular complexity index is 340. The number of carbonyl (C=O) groups excluding carboxylic acids is 1. The van der Waals surface area contributed by atoms with Crippen LogP contribution in [0.15, 0.2) is 12.7 Å². The Hall–Kier alpha value is -1.52. The third-order valence-corrected chi connectivity index (χ3v) is 3.67. The van der Waals surface area contributed by atoms with Crippen molar-refractivity contribution in [1.82, 2.24) is 10.2 Å². The number of carbonyl (C=O) groups is 2. The van der Waals surface area contributed by atoms with Gasteiger partial charge in [0.25, 0.3) is 0 Å². The minimum atomic E-state index is -0.762. The number of nitrogens with one attached hydrogen (secondary N) is 1. The number of hydrogen-bond acceptors (Lipinski definition) is 2. The molecule has 2 N–H and O–H groups in total. The van der Waals surface area contributed by atoms with Gasteiger partial charge in [-0.2, -0.15) is 0 Å². The maximum absolute atomic E-state index is 12.1. The van der Waals surface area contributed by atoms with E-state index in [9.17, 15) is 9.59 Å². The molecule has 0 bridgehead atoms. The first-order valence-corrected chi connectivity index (χ1v) is 7.66. The van der Waals surface area contributed by atoms with Gasteiger partial charge in [-0.25, -0.2) is 4.79 Å². The standard InChI is InChI=1S/C16H30N2O3/c1-6-11-18(13(4)5)16(21)17-10-9-14(12(2)3)7-8-15(19)20/h6,12-14H,1,7-11H2,2-5H3,(H,17,21)(H,19,20). The minimum absolute atomic E-state index is 0.0920. The van der Waals surface area contributed by atoms with Crippen molar-refractivity contribution in [1.29, 1.82) is 0 Å². The summed E-state index contributed by atoms with van der Waals surface area (Å²) in [6, 6.07) is 0.0292. The summed E-state index contributed by atoms with van der Waals surface area (Å²) in [5.74, 6) is -0.0365. The second-order valence-electron chi connectivity index (χ2n) is 5.99. The molecule has 2 amide bonds. The highest BCUT2D eigenvalue weighted by Crippen LogP contribution is 2.20. The van der Waals surface area contributed by atoms with Gasteiger partial charge in [0.15, 0.2) is 0 Å². The summed E-state index contributed by atoms with van der Waals surface area (Å²) in [6.45, 7) is 12.9. The van der Waals surface area contributed by atoms with E-state index < -0.39 is 5.97 Å². The predicted octanol–water partition coefficient (Wildman–Crippen LogP) is 3.12. The van der Waals surface area contributed by atoms with E-state index in [4.69, 9.17) is 5.11 Å². The number of amides is 2. The molecule has 0 radical (unpaired) electrons. The van der Waals surface area contributed by atoms with Gasteiger partial charge in [0.1, 0.15) is 0 Å². The lowest BCUT2D eigenvalue weighted by atomic mass is 9.88. The van der Waals surface area contributed by atoms with Crippen molar-refractivity contribution in [2.24, 2.45) is 11.8 Å². The van der Waals surface area contributed by atoms with Crippen LogP contribution >= 0.6 is 0 Å². The fourth-order valence-corrected chi connectivity index (χ4v) is 2.25. The Kier molecular flexibility index (Phi) is 9.50. The maximum Gasteiger partial charge on any atom is 0.317 e. The van der Waals surface area contributed by atoms with Crippen molar-refractivity contribution >= 4 is 12.0 Å². The van der Waals surface area contributed by atoms with Gasteiger partial charge < -0.3 is 15.3 Å². The normalized spacial score (nSPS) is 12.3. The van der Waals surface area contributed by atoms with E-state index in [0.717, 1.165) is 6.42 Å². The Morgan fingerprint density at radius 3 is 2.29 bits per heavy atom. The molecule has 0 fully saturated rings. The van der Waals surface area contributed by atoms with Crippen LogP contribution in [0.3, 0.4) is 0 Å². The van der Waals surface area contributed by atoms with E-state index >= 15 is 0 Å². The quantitative estimate of drug-likeness (QED) is 0.609. The van der Waals surface area contributed by atoms with Crippen molar-refractivity contribution < 1.29 is 14.7 Å². The molecule has 122 valence electrons. The number of urea groups is 1. The highest BCUT2D eigenvalue weighted by atomic mass is 16.4. The number of nitrogens with zero attached hydrogens (tertiary/aromatic N) is 1. The van der Waals surface area contributed by atoms with Gasteiger partial charge in [0, 0.05) is 25.6 Å². The molecule has 0 aromatic heterocycles. The van der Waals surface area contributed by atoms with Gasteiger partial charge in [0.2, 0.25) is 0 Å². The third kappa shape index (κ3) is 8.38. The van der Waals surface area contributed by atoms with Crippen LogP contribution in [0.1, 0.15) is 47.0 Å². The monoisotopic (exact) mass is 298 g/mol. The Morgan fingerprint density at radius 2 is 1.86 bits per heavy atom. The fraction of sp³-hybridized carbons (Fsp3) is 0.750. The predicted molar refractivity (Wildman–Crippen MR) is 85.3 cm³/mol. The molecule has 5 heteroatoms. The lowest BCUT2D eigenvalue weighted by Crippen LogP contribution is -2.44. The van der Waals surface area contributed by atoms with Gasteiger partial charge in [-0.3, -0.25) is 4.79 Å². The highest BCUT2D eigenvalue weighted by molar-refractivity contribution is 5.74. The molecule has 0 heterocycles. The van der Waals surface area contributed by atoms with E-state index in [-0.39, 0.29) is 18.5 Å². The molecule has 0 aromatic carbocycles. The zero-order valence-electron chi connectivity index (χ0n) is 13.8. The van der Waals surface area contributed by atoms with Crippen LogP contribution in [-0.2, 0) is 4.79 Å². The average molecular weight is 298 g/mol. The summed E-state index contributed by atoms with van der Waals surface area (Å²) < 4.78 is 0. The van der Waals surface area contributed by atoms with E-state index in [1.165, 1.54) is 0 Å². The SMILES string of the molecule is C=CCN(C(=O)NCCC(CCC(=O)O)C(C)C)C(C)C. The lowest BCUT2D eigenvalue weighted by molar-refractivity contribution is -0.137. The first kappa shape index (κ1) is 19.5. The largest absolute Gasteiger partial charge is 0.481 e. The number of hydrogen-bond donors (Lipinski definition) is 2. The van der Waals surface area contributed by atoms with Gasteiger partial charge in [-0.15, -0.1) is 6.58 Å². The van der Waals surface area contributed by atoms with E-state index in [1.807, 2.05) is 13.8 Å². The van der Waals surface area contributed by atoms with Gasteiger partial charge in [0.05, 0.1) is 0 Å². The molecule has 5 nitrogen and oxygen atoms in total. The summed E-state index contributed by atoms with van der Waals surface area (Å²) in [5, 5.41) is 11.7. The summed E-state index contributed by atoms with van der Waals surface area (Å²) in [5.41, 5.74) is 0. The van der Waals surface area contributed by atoms with E-state index in [2.05, 4.69) is 25.7 Å². The van der Waals surface area contributed by atoms with Crippen LogP contribution in [0, 0.1) is 11.8 Å². The first-order chi connectivity index (χ1) is 9.79. The molecule has 1 unspecified atom stereocenters. The van der Waals surface area contributed by atoms with Gasteiger partial charge in [-0.05, 0) is 38.5 Å². The zero-order chi connectivity index (χ0) is 16.4. The summed E-state index contributed by atoms with van der Waals surface area (Å²) in [4.78, 5) is 24.4. The van der Waals surface area contributed by atoms with Crippen molar-refractivity contribution in [3.05, 3.63) is 12.7 Å². The maximum atomic E-state index is 12.1. The molecular formula is C16H30N2O3. The lowest BCUT2D eigenvalue weighted by Gasteiger charge is -2.26. The Balaban J connectivity index is 4.26. The first-order valence-electron chi connectivity index (χ1n) is 7.66. The Labute approximate surface area is 128 Å². The van der Waals surface area contributed by atoms with Crippen molar-refractivity contribution in [2.45, 2.75) is 53.0 Å². The Morgan fingerprint density at radius 1 is 1.24 bits per heavy atom. The molecule has 0 aliphatic heterocycles. The van der Waals surface area contributed by atoms with Crippen molar-refractivity contribution in [2.75, 3.05) is 13.1 Å². The molecule has 0 aromatic rings. The summed E-state index contributed by atoms with van der Waals surface area (Å²) in [7, 11) is 0. The van der Waals surface area contributed by atoms with Crippen LogP contribution in [0.4, 0.5) is 4.79 Å². The van der Waals surface area contributed by atoms with Crippen LogP contribution in [-0.4, -0.2) is 41.1 Å². The second-order valence-corrected chi connectivity index (χ2v) is 5.99. The second kappa shape index (κ2) is 10.2. The number of rotatable bonds is 10. The van der Waals surface area contributed by atoms with Crippen molar-refractivity contribution in [3.63, 3.8) is 0 Å². The van der Waals surface area contributed by atoms with Gasteiger partial charge in [-0.1, -0.05) is 19.9 Å². The molecule has 0 saturated heterocycles. The average Bonchev–Trinajstić information content (AvgIpc) is 2.38. The van der Waals surface area contributed by atoms with Crippen LogP contribution in [0.5, 0.6) is 0 Å². The molecule has 0 rings (SSSR count). The molecular weight excluding hydrogens is 268 g/mol. The molecule has 0 aliphatic rings. The summed E-state index contributed by atoms with van der Waals surface area (Å²) in [6.07, 6.45) is 3.36. The topological polar surface area (TPSA) is 69.6 Å². The summed E-state index contributed by atoms with van der Waals surface area (Å²) >= 11 is 0. The fourth-order valence-electron chi connectivity index (χ4n) is 2.25. The molecule has 0 saturated carbocycles. The number of aliphatic carboxylic acids is 1. The third-order valence-electron chi connectivity index (χ3n) is 3.67. The van der Waals surface area contributed by atoms with Crippen molar-refractivity contribution in [3.8, 4) is 0 Å². The smallest absolute Gasteiger partial charge is 0.317 e. The molecule has 1 atom stereocenters. The van der Waals surface area contributed by atoms with Crippen LogP contribution < -0.4 is 5.32 Å². The number of carboxylic acids is 1.